The van der Waals surface area contributed by atoms with Crippen molar-refractivity contribution in [2.75, 3.05) is 26.7 Å². The summed E-state index contributed by atoms with van der Waals surface area (Å²) >= 11 is 0. The van der Waals surface area contributed by atoms with Gasteiger partial charge in [0, 0.05) is 6.04 Å². The lowest BCUT2D eigenvalue weighted by Gasteiger charge is -2.44. The average Bonchev–Trinajstić information content (AvgIpc) is 2.84. The molecule has 2 aromatic carbocycles. The van der Waals surface area contributed by atoms with E-state index in [-0.39, 0.29) is 12.0 Å². The number of nitrogens with one attached hydrogen (secondary N) is 1. The van der Waals surface area contributed by atoms with Gasteiger partial charge in [-0.25, -0.2) is 8.42 Å². The lowest BCUT2D eigenvalue weighted by Crippen LogP contribution is -2.54. The maximum atomic E-state index is 14.0. The van der Waals surface area contributed by atoms with Gasteiger partial charge in [-0.3, -0.25) is 4.90 Å². The minimum Gasteiger partial charge on any atom is -0.497 e. The zero-order valence-corrected chi connectivity index (χ0v) is 20.1. The van der Waals surface area contributed by atoms with Crippen molar-refractivity contribution in [1.82, 2.24) is 10.2 Å². The van der Waals surface area contributed by atoms with Crippen molar-refractivity contribution in [2.45, 2.75) is 61.8 Å². The van der Waals surface area contributed by atoms with Gasteiger partial charge in [-0.15, -0.1) is 0 Å². The van der Waals surface area contributed by atoms with Gasteiger partial charge >= 0.3 is 0 Å². The fraction of sp³-hybridized carbons (Fsp3) is 0.538. The summed E-state index contributed by atoms with van der Waals surface area (Å²) in [6.45, 7) is 4.73. The Balaban J connectivity index is 1.69. The zero-order valence-electron chi connectivity index (χ0n) is 19.3. The summed E-state index contributed by atoms with van der Waals surface area (Å²) in [7, 11) is -1.78. The number of piperidine rings is 1. The summed E-state index contributed by atoms with van der Waals surface area (Å²) in [5, 5.41) is 2.93. The fourth-order valence-corrected chi connectivity index (χ4v) is 7.71. The molecule has 1 saturated heterocycles. The number of methoxy groups -OCH3 is 1. The van der Waals surface area contributed by atoms with Crippen molar-refractivity contribution in [3.8, 4) is 5.75 Å². The SMILES string of the molecule is CCCN(C1CCc2cc(OC)ccc2C1)C(C1CCNCC1)S(=O)(=O)c1ccccc1. The van der Waals surface area contributed by atoms with E-state index >= 15 is 0 Å². The van der Waals surface area contributed by atoms with Crippen molar-refractivity contribution in [3.63, 3.8) is 0 Å². The fourth-order valence-electron chi connectivity index (χ4n) is 5.48. The molecule has 4 rings (SSSR count). The number of benzene rings is 2. The molecule has 0 aromatic heterocycles. The van der Waals surface area contributed by atoms with Crippen LogP contribution in [0.15, 0.2) is 53.4 Å². The average molecular weight is 457 g/mol. The first-order valence-corrected chi connectivity index (χ1v) is 13.5. The van der Waals surface area contributed by atoms with Crippen LogP contribution in [0.2, 0.25) is 0 Å². The number of fused-ring (bicyclic) bond motifs is 1. The van der Waals surface area contributed by atoms with Gasteiger partial charge in [-0.2, -0.15) is 0 Å². The molecule has 0 amide bonds. The van der Waals surface area contributed by atoms with Gasteiger partial charge in [0.25, 0.3) is 0 Å². The van der Waals surface area contributed by atoms with Crippen molar-refractivity contribution >= 4 is 9.84 Å². The number of aryl methyl sites for hydroxylation is 1. The van der Waals surface area contributed by atoms with Crippen LogP contribution in [0.5, 0.6) is 5.75 Å². The highest BCUT2D eigenvalue weighted by atomic mass is 32.2. The Labute approximate surface area is 193 Å². The molecule has 2 atom stereocenters. The lowest BCUT2D eigenvalue weighted by molar-refractivity contribution is 0.113. The first-order chi connectivity index (χ1) is 15.5. The molecule has 2 aliphatic rings. The third-order valence-corrected chi connectivity index (χ3v) is 9.29. The van der Waals surface area contributed by atoms with Crippen LogP contribution < -0.4 is 10.1 Å². The Kier molecular flexibility index (Phi) is 7.54. The highest BCUT2D eigenvalue weighted by Crippen LogP contribution is 2.35. The van der Waals surface area contributed by atoms with E-state index in [1.54, 1.807) is 19.2 Å². The van der Waals surface area contributed by atoms with Crippen LogP contribution in [-0.2, 0) is 22.7 Å². The zero-order chi connectivity index (χ0) is 22.6. The third-order valence-electron chi connectivity index (χ3n) is 7.07. The van der Waals surface area contributed by atoms with Crippen LogP contribution in [0.3, 0.4) is 0 Å². The van der Waals surface area contributed by atoms with Crippen LogP contribution >= 0.6 is 0 Å². The second kappa shape index (κ2) is 10.4. The molecule has 5 nitrogen and oxygen atoms in total. The molecule has 1 N–H and O–H groups in total. The van der Waals surface area contributed by atoms with E-state index in [0.717, 1.165) is 63.9 Å². The van der Waals surface area contributed by atoms with E-state index in [2.05, 4.69) is 29.3 Å². The van der Waals surface area contributed by atoms with Gasteiger partial charge in [0.05, 0.1) is 12.0 Å². The molecule has 2 aromatic rings. The Hall–Kier alpha value is -1.89. The van der Waals surface area contributed by atoms with Gasteiger partial charge in [-0.05, 0) is 99.5 Å². The molecule has 6 heteroatoms. The maximum Gasteiger partial charge on any atom is 0.194 e. The molecule has 32 heavy (non-hydrogen) atoms. The largest absolute Gasteiger partial charge is 0.497 e. The molecule has 0 saturated carbocycles. The summed E-state index contributed by atoms with van der Waals surface area (Å²) in [6.07, 6.45) is 5.57. The molecule has 0 bridgehead atoms. The van der Waals surface area contributed by atoms with Crippen LogP contribution in [-0.4, -0.2) is 51.5 Å². The Morgan fingerprint density at radius 2 is 1.81 bits per heavy atom. The predicted octanol–water partition coefficient (Wildman–Crippen LogP) is 4.06. The minimum absolute atomic E-state index is 0.144. The van der Waals surface area contributed by atoms with Crippen molar-refractivity contribution in [3.05, 3.63) is 59.7 Å². The first-order valence-electron chi connectivity index (χ1n) is 12.0. The van der Waals surface area contributed by atoms with Crippen LogP contribution in [0.4, 0.5) is 0 Å². The van der Waals surface area contributed by atoms with Gasteiger partial charge in [0.1, 0.15) is 11.1 Å². The molecule has 1 heterocycles. The summed E-state index contributed by atoms with van der Waals surface area (Å²) in [6, 6.07) is 15.6. The van der Waals surface area contributed by atoms with E-state index in [4.69, 9.17) is 4.74 Å². The van der Waals surface area contributed by atoms with E-state index in [1.807, 2.05) is 24.3 Å². The summed E-state index contributed by atoms with van der Waals surface area (Å²) in [5.74, 6) is 1.04. The molecule has 1 aliphatic heterocycles. The van der Waals surface area contributed by atoms with Crippen LogP contribution in [0.25, 0.3) is 0 Å². The lowest BCUT2D eigenvalue weighted by atomic mass is 9.86. The third kappa shape index (κ3) is 4.87. The van der Waals surface area contributed by atoms with Crippen LogP contribution in [0.1, 0.15) is 43.7 Å². The topological polar surface area (TPSA) is 58.6 Å². The van der Waals surface area contributed by atoms with E-state index < -0.39 is 15.2 Å². The van der Waals surface area contributed by atoms with Crippen molar-refractivity contribution in [2.24, 2.45) is 5.92 Å². The number of hydrogen-bond acceptors (Lipinski definition) is 5. The van der Waals surface area contributed by atoms with Crippen molar-refractivity contribution < 1.29 is 13.2 Å². The molecular formula is C26H36N2O3S. The minimum atomic E-state index is -3.48. The molecule has 1 aliphatic carbocycles. The normalized spacial score (nSPS) is 20.7. The van der Waals surface area contributed by atoms with Gasteiger partial charge in [0.15, 0.2) is 9.84 Å². The number of sulfone groups is 1. The Bertz CT molecular complexity index is 987. The summed E-state index contributed by atoms with van der Waals surface area (Å²) < 4.78 is 33.5. The maximum absolute atomic E-state index is 14.0. The van der Waals surface area contributed by atoms with Gasteiger partial charge < -0.3 is 10.1 Å². The standard InChI is InChI=1S/C26H36N2O3S/c1-3-17-28(23-11-9-22-19-24(31-2)12-10-21(22)18-23)26(20-13-15-27-16-14-20)32(29,30)25-7-5-4-6-8-25/h4-8,10,12,19-20,23,26-27H,3,9,11,13-18H2,1-2H3. The first kappa shape index (κ1) is 23.3. The molecule has 0 radical (unpaired) electrons. The number of hydrogen-bond donors (Lipinski definition) is 1. The second-order valence-electron chi connectivity index (χ2n) is 9.11. The predicted molar refractivity (Wildman–Crippen MR) is 129 cm³/mol. The highest BCUT2D eigenvalue weighted by molar-refractivity contribution is 7.92. The van der Waals surface area contributed by atoms with Crippen LogP contribution in [0, 0.1) is 5.92 Å². The molecule has 0 spiro atoms. The van der Waals surface area contributed by atoms with Gasteiger partial charge in [-0.1, -0.05) is 31.2 Å². The van der Waals surface area contributed by atoms with E-state index in [0.29, 0.717) is 4.90 Å². The quantitative estimate of drug-likeness (QED) is 0.649. The van der Waals surface area contributed by atoms with E-state index in [1.165, 1.54) is 11.1 Å². The monoisotopic (exact) mass is 456 g/mol. The Morgan fingerprint density at radius 3 is 2.50 bits per heavy atom. The highest BCUT2D eigenvalue weighted by Gasteiger charge is 2.42. The smallest absolute Gasteiger partial charge is 0.194 e. The number of rotatable bonds is 8. The number of ether oxygens (including phenoxy) is 1. The molecular weight excluding hydrogens is 420 g/mol. The van der Waals surface area contributed by atoms with E-state index in [9.17, 15) is 8.42 Å². The number of nitrogens with zero attached hydrogens (tertiary/aromatic N) is 1. The Morgan fingerprint density at radius 1 is 1.06 bits per heavy atom. The molecule has 2 unspecified atom stereocenters. The van der Waals surface area contributed by atoms with Gasteiger partial charge in [0.2, 0.25) is 0 Å². The summed E-state index contributed by atoms with van der Waals surface area (Å²) in [5.41, 5.74) is 2.66. The molecule has 1 fully saturated rings. The van der Waals surface area contributed by atoms with Crippen molar-refractivity contribution in [1.29, 1.82) is 0 Å². The summed E-state index contributed by atoms with van der Waals surface area (Å²) in [4.78, 5) is 2.80. The second-order valence-corrected chi connectivity index (χ2v) is 11.1. The molecule has 174 valence electrons.